The van der Waals surface area contributed by atoms with Crippen LogP contribution in [0.5, 0.6) is 5.75 Å². The van der Waals surface area contributed by atoms with E-state index in [2.05, 4.69) is 10.6 Å². The molecule has 0 spiro atoms. The summed E-state index contributed by atoms with van der Waals surface area (Å²) in [6.07, 6.45) is 2.33. The van der Waals surface area contributed by atoms with Crippen LogP contribution in [-0.4, -0.2) is 66.1 Å². The fraction of sp³-hybridized carbons (Fsp3) is 0.447. The van der Waals surface area contributed by atoms with E-state index < -0.39 is 29.7 Å². The van der Waals surface area contributed by atoms with Crippen molar-refractivity contribution in [3.63, 3.8) is 0 Å². The van der Waals surface area contributed by atoms with E-state index in [-0.39, 0.29) is 42.0 Å². The Hall–Kier alpha value is -4.28. The van der Waals surface area contributed by atoms with Crippen LogP contribution in [0.2, 0.25) is 0 Å². The van der Waals surface area contributed by atoms with Crippen molar-refractivity contribution in [1.29, 1.82) is 0 Å². The first-order valence-electron chi connectivity index (χ1n) is 16.8. The average molecular weight is 661 g/mol. The molecule has 1 saturated heterocycles. The summed E-state index contributed by atoms with van der Waals surface area (Å²) in [4.78, 5) is 42.6. The first kappa shape index (κ1) is 36.6. The van der Waals surface area contributed by atoms with Crippen molar-refractivity contribution in [1.82, 2.24) is 10.2 Å². The van der Waals surface area contributed by atoms with Crippen LogP contribution in [0.3, 0.4) is 0 Å². The van der Waals surface area contributed by atoms with E-state index in [1.165, 1.54) is 24.3 Å². The second kappa shape index (κ2) is 17.2. The number of carbonyl (C=O) groups excluding carboxylic acids is 3. The number of anilines is 1. The molecule has 4 atom stereocenters. The SMILES string of the molecule is CC(C)OC[C@H]1CCCN1C(=O)c1cc(OC(C)C)cc(C(=O)N[C@@H](Cc2ccccc2)[C@@H](N)C[C@@H](C)C(=O)Nc2ccc(F)cc2)c1. The molecule has 3 aromatic carbocycles. The van der Waals surface area contributed by atoms with Gasteiger partial charge in [0.2, 0.25) is 5.91 Å². The summed E-state index contributed by atoms with van der Waals surface area (Å²) in [6.45, 7) is 10.5. The Kier molecular flexibility index (Phi) is 13.1. The number of carbonyl (C=O) groups is 3. The van der Waals surface area contributed by atoms with Gasteiger partial charge in [-0.05, 0) is 101 Å². The highest BCUT2D eigenvalue weighted by Crippen LogP contribution is 2.25. The quantitative estimate of drug-likeness (QED) is 0.185. The van der Waals surface area contributed by atoms with Gasteiger partial charge in [0.15, 0.2) is 0 Å². The number of ether oxygens (including phenoxy) is 2. The van der Waals surface area contributed by atoms with E-state index >= 15 is 0 Å². The number of nitrogens with two attached hydrogens (primary N) is 1. The lowest BCUT2D eigenvalue weighted by atomic mass is 9.91. The van der Waals surface area contributed by atoms with Crippen LogP contribution in [0.1, 0.15) is 80.2 Å². The van der Waals surface area contributed by atoms with Gasteiger partial charge < -0.3 is 30.7 Å². The molecule has 48 heavy (non-hydrogen) atoms. The average Bonchev–Trinajstić information content (AvgIpc) is 3.52. The Morgan fingerprint density at radius 3 is 2.29 bits per heavy atom. The second-order valence-electron chi connectivity index (χ2n) is 13.2. The van der Waals surface area contributed by atoms with Gasteiger partial charge in [0.1, 0.15) is 11.6 Å². The normalized spacial score (nSPS) is 16.4. The third-order valence-corrected chi connectivity index (χ3v) is 8.36. The van der Waals surface area contributed by atoms with Crippen molar-refractivity contribution in [3.8, 4) is 5.75 Å². The minimum absolute atomic E-state index is 0.0395. The van der Waals surface area contributed by atoms with Gasteiger partial charge in [-0.25, -0.2) is 4.39 Å². The van der Waals surface area contributed by atoms with Gasteiger partial charge in [-0.15, -0.1) is 0 Å². The van der Waals surface area contributed by atoms with Crippen molar-refractivity contribution in [2.24, 2.45) is 11.7 Å². The summed E-state index contributed by atoms with van der Waals surface area (Å²) in [6, 6.07) is 19.0. The fourth-order valence-corrected chi connectivity index (χ4v) is 5.85. The highest BCUT2D eigenvalue weighted by Gasteiger charge is 2.31. The highest BCUT2D eigenvalue weighted by atomic mass is 19.1. The predicted octanol–water partition coefficient (Wildman–Crippen LogP) is 5.98. The lowest BCUT2D eigenvalue weighted by Gasteiger charge is -2.28. The number of halogens is 1. The number of amides is 3. The van der Waals surface area contributed by atoms with Crippen LogP contribution in [0.15, 0.2) is 72.8 Å². The molecule has 10 heteroatoms. The number of likely N-dealkylation sites (tertiary alicyclic amines) is 1. The van der Waals surface area contributed by atoms with Crippen LogP contribution in [0.25, 0.3) is 0 Å². The zero-order valence-electron chi connectivity index (χ0n) is 28.6. The van der Waals surface area contributed by atoms with Crippen LogP contribution in [-0.2, 0) is 16.0 Å². The fourth-order valence-electron chi connectivity index (χ4n) is 5.85. The van der Waals surface area contributed by atoms with Crippen molar-refractivity contribution < 1.29 is 28.2 Å². The van der Waals surface area contributed by atoms with Crippen LogP contribution >= 0.6 is 0 Å². The van der Waals surface area contributed by atoms with Crippen molar-refractivity contribution in [2.75, 3.05) is 18.5 Å². The molecular formula is C38H49FN4O5. The van der Waals surface area contributed by atoms with E-state index in [4.69, 9.17) is 15.2 Å². The van der Waals surface area contributed by atoms with Crippen molar-refractivity contribution in [2.45, 2.75) is 90.6 Å². The summed E-state index contributed by atoms with van der Waals surface area (Å²) in [5.74, 6) is -1.31. The van der Waals surface area contributed by atoms with Gasteiger partial charge in [0.05, 0.1) is 24.9 Å². The van der Waals surface area contributed by atoms with Crippen molar-refractivity contribution in [3.05, 3.63) is 95.3 Å². The van der Waals surface area contributed by atoms with Crippen molar-refractivity contribution >= 4 is 23.4 Å². The number of hydrogen-bond acceptors (Lipinski definition) is 6. The minimum Gasteiger partial charge on any atom is -0.491 e. The van der Waals surface area contributed by atoms with Gasteiger partial charge in [-0.1, -0.05) is 37.3 Å². The Labute approximate surface area is 283 Å². The molecule has 9 nitrogen and oxygen atoms in total. The predicted molar refractivity (Wildman–Crippen MR) is 186 cm³/mol. The molecule has 1 aliphatic rings. The smallest absolute Gasteiger partial charge is 0.254 e. The molecule has 1 aliphatic heterocycles. The molecule has 0 aliphatic carbocycles. The minimum atomic E-state index is -0.592. The summed E-state index contributed by atoms with van der Waals surface area (Å²) >= 11 is 0. The van der Waals surface area contributed by atoms with E-state index in [0.29, 0.717) is 36.6 Å². The topological polar surface area (TPSA) is 123 Å². The molecule has 3 aromatic rings. The molecular weight excluding hydrogens is 611 g/mol. The molecule has 1 fully saturated rings. The van der Waals surface area contributed by atoms with Gasteiger partial charge >= 0.3 is 0 Å². The third-order valence-electron chi connectivity index (χ3n) is 8.36. The molecule has 1 heterocycles. The summed E-state index contributed by atoms with van der Waals surface area (Å²) < 4.78 is 25.2. The summed E-state index contributed by atoms with van der Waals surface area (Å²) in [5.41, 5.74) is 8.82. The molecule has 0 bridgehead atoms. The Morgan fingerprint density at radius 2 is 1.62 bits per heavy atom. The third kappa shape index (κ3) is 10.6. The number of benzene rings is 3. The van der Waals surface area contributed by atoms with Gasteiger partial charge in [-0.3, -0.25) is 14.4 Å². The zero-order chi connectivity index (χ0) is 34.8. The largest absolute Gasteiger partial charge is 0.491 e. The molecule has 4 N–H and O–H groups in total. The Balaban J connectivity index is 1.55. The first-order valence-corrected chi connectivity index (χ1v) is 16.8. The molecule has 0 radical (unpaired) electrons. The van der Waals surface area contributed by atoms with Gasteiger partial charge in [0.25, 0.3) is 11.8 Å². The number of nitrogens with one attached hydrogen (secondary N) is 2. The molecule has 0 saturated carbocycles. The van der Waals surface area contributed by atoms with Crippen LogP contribution in [0.4, 0.5) is 10.1 Å². The van der Waals surface area contributed by atoms with E-state index in [9.17, 15) is 18.8 Å². The summed E-state index contributed by atoms with van der Waals surface area (Å²) in [5, 5.41) is 5.90. The maximum atomic E-state index is 13.9. The molecule has 4 rings (SSSR count). The lowest BCUT2D eigenvalue weighted by Crippen LogP contribution is -2.50. The standard InChI is InChI=1S/C38H49FN4O5/c1-24(2)47-23-32-12-9-17-43(32)38(46)29-20-28(21-33(22-29)48-25(3)4)37(45)42-35(19-27-10-7-6-8-11-27)34(40)18-26(5)36(44)41-31-15-13-30(39)14-16-31/h6-8,10-11,13-16,20-22,24-26,32,34-35H,9,12,17-19,23,40H2,1-5H3,(H,41,44)(H,42,45)/t26-,32-,34+,35+/m1/s1. The summed E-state index contributed by atoms with van der Waals surface area (Å²) in [7, 11) is 0. The molecule has 3 amide bonds. The van der Waals surface area contributed by atoms with E-state index in [1.54, 1.807) is 25.1 Å². The Bertz CT molecular complexity index is 1520. The molecule has 0 aromatic heterocycles. The van der Waals surface area contributed by atoms with E-state index in [1.807, 2.05) is 62.9 Å². The maximum absolute atomic E-state index is 13.9. The second-order valence-corrected chi connectivity index (χ2v) is 13.2. The maximum Gasteiger partial charge on any atom is 0.254 e. The molecule has 258 valence electrons. The first-order chi connectivity index (χ1) is 22.9. The van der Waals surface area contributed by atoms with Crippen LogP contribution in [0, 0.1) is 11.7 Å². The number of nitrogens with zero attached hydrogens (tertiary/aromatic N) is 1. The van der Waals surface area contributed by atoms with Crippen LogP contribution < -0.4 is 21.1 Å². The Morgan fingerprint density at radius 1 is 0.938 bits per heavy atom. The van der Waals surface area contributed by atoms with E-state index in [0.717, 1.165) is 18.4 Å². The zero-order valence-corrected chi connectivity index (χ0v) is 28.6. The van der Waals surface area contributed by atoms with Gasteiger partial charge in [-0.2, -0.15) is 0 Å². The number of rotatable bonds is 15. The number of hydrogen-bond donors (Lipinski definition) is 3. The highest BCUT2D eigenvalue weighted by molar-refractivity contribution is 6.00. The lowest BCUT2D eigenvalue weighted by molar-refractivity contribution is -0.119. The van der Waals surface area contributed by atoms with Gasteiger partial charge in [0, 0.05) is 41.4 Å². The molecule has 0 unspecified atom stereocenters. The monoisotopic (exact) mass is 660 g/mol.